The molecule has 40 heavy (non-hydrogen) atoms. The molecule has 0 saturated heterocycles. The number of carbonyl (C=O) groups is 4. The zero-order valence-electron chi connectivity index (χ0n) is 20.1. The molecule has 14 nitrogen and oxygen atoms in total. The SMILES string of the molecule is O=C(Oc1ccccc1)c1n[nH]c(C(=O)Oc2ccc(OC(=O)c3nc(C(=O)Oc4ccccc4)n[nH]3)cc2)n1. The molecule has 0 aliphatic heterocycles. The second-order valence-electron chi connectivity index (χ2n) is 7.67. The van der Waals surface area contributed by atoms with Gasteiger partial charge in [0.2, 0.25) is 11.6 Å². The Morgan fingerprint density at radius 3 is 1.15 bits per heavy atom. The number of carbonyl (C=O) groups excluding carboxylic acids is 4. The Labute approximate surface area is 223 Å². The van der Waals surface area contributed by atoms with Crippen LogP contribution in [0.4, 0.5) is 0 Å². The molecule has 0 fully saturated rings. The van der Waals surface area contributed by atoms with Crippen molar-refractivity contribution >= 4 is 23.9 Å². The predicted octanol–water partition coefficient (Wildman–Crippen LogP) is 2.80. The number of nitrogens with zero attached hydrogens (tertiary/aromatic N) is 4. The van der Waals surface area contributed by atoms with Gasteiger partial charge in [-0.05, 0) is 48.5 Å². The summed E-state index contributed by atoms with van der Waals surface area (Å²) in [5.41, 5.74) is 0. The summed E-state index contributed by atoms with van der Waals surface area (Å²) >= 11 is 0. The van der Waals surface area contributed by atoms with E-state index in [0.29, 0.717) is 0 Å². The molecule has 5 rings (SSSR count). The highest BCUT2D eigenvalue weighted by atomic mass is 16.6. The van der Waals surface area contributed by atoms with Crippen LogP contribution >= 0.6 is 0 Å². The highest BCUT2D eigenvalue weighted by Gasteiger charge is 2.22. The van der Waals surface area contributed by atoms with Crippen molar-refractivity contribution in [3.05, 3.63) is 108 Å². The summed E-state index contributed by atoms with van der Waals surface area (Å²) in [7, 11) is 0. The van der Waals surface area contributed by atoms with Crippen LogP contribution in [0.3, 0.4) is 0 Å². The smallest absolute Gasteiger partial charge is 0.383 e. The third-order valence-electron chi connectivity index (χ3n) is 4.88. The first-order chi connectivity index (χ1) is 19.4. The van der Waals surface area contributed by atoms with E-state index in [2.05, 4.69) is 30.4 Å². The van der Waals surface area contributed by atoms with Crippen molar-refractivity contribution in [1.82, 2.24) is 30.4 Å². The number of para-hydroxylation sites is 2. The first kappa shape index (κ1) is 25.5. The molecule has 0 bridgehead atoms. The number of esters is 4. The molecule has 2 N–H and O–H groups in total. The first-order valence-corrected chi connectivity index (χ1v) is 11.4. The normalized spacial score (nSPS) is 10.4. The van der Waals surface area contributed by atoms with E-state index in [-0.39, 0.29) is 46.3 Å². The minimum atomic E-state index is -0.924. The van der Waals surface area contributed by atoms with Crippen LogP contribution in [-0.4, -0.2) is 54.2 Å². The summed E-state index contributed by atoms with van der Waals surface area (Å²) in [5.74, 6) is -4.21. The van der Waals surface area contributed by atoms with Crippen LogP contribution in [0.25, 0.3) is 0 Å². The van der Waals surface area contributed by atoms with Gasteiger partial charge in [-0.25, -0.2) is 19.2 Å². The maximum Gasteiger partial charge on any atom is 0.383 e. The number of rotatable bonds is 8. The van der Waals surface area contributed by atoms with Crippen LogP contribution in [0.5, 0.6) is 23.0 Å². The van der Waals surface area contributed by atoms with E-state index in [1.807, 2.05) is 0 Å². The molecule has 0 unspecified atom stereocenters. The zero-order chi connectivity index (χ0) is 27.9. The number of nitrogens with one attached hydrogen (secondary N) is 2. The van der Waals surface area contributed by atoms with Crippen molar-refractivity contribution in [2.24, 2.45) is 0 Å². The quantitative estimate of drug-likeness (QED) is 0.217. The van der Waals surface area contributed by atoms with Gasteiger partial charge in [-0.3, -0.25) is 10.2 Å². The molecule has 5 aromatic rings. The molecular formula is C26H16N6O8. The van der Waals surface area contributed by atoms with Crippen molar-refractivity contribution < 1.29 is 38.1 Å². The lowest BCUT2D eigenvalue weighted by atomic mass is 10.3. The van der Waals surface area contributed by atoms with Gasteiger partial charge in [0.25, 0.3) is 11.6 Å². The van der Waals surface area contributed by atoms with Crippen LogP contribution in [0, 0.1) is 0 Å². The molecule has 3 aromatic carbocycles. The summed E-state index contributed by atoms with van der Waals surface area (Å²) in [4.78, 5) is 56.7. The molecule has 2 aromatic heterocycles. The summed E-state index contributed by atoms with van der Waals surface area (Å²) in [6.07, 6.45) is 0. The lowest BCUT2D eigenvalue weighted by Crippen LogP contribution is -2.13. The number of ether oxygens (including phenoxy) is 4. The number of H-pyrrole nitrogens is 2. The third kappa shape index (κ3) is 6.20. The maximum atomic E-state index is 12.4. The van der Waals surface area contributed by atoms with Gasteiger partial charge >= 0.3 is 23.9 Å². The van der Waals surface area contributed by atoms with Crippen LogP contribution in [0.1, 0.15) is 42.5 Å². The molecule has 0 spiro atoms. The van der Waals surface area contributed by atoms with Gasteiger partial charge in [0.05, 0.1) is 0 Å². The van der Waals surface area contributed by atoms with E-state index in [0.717, 1.165) is 0 Å². The molecule has 2 heterocycles. The summed E-state index contributed by atoms with van der Waals surface area (Å²) in [6, 6.07) is 22.0. The van der Waals surface area contributed by atoms with Crippen molar-refractivity contribution in [1.29, 1.82) is 0 Å². The zero-order valence-corrected chi connectivity index (χ0v) is 20.1. The van der Waals surface area contributed by atoms with Gasteiger partial charge in [0.1, 0.15) is 23.0 Å². The number of hydrogen-bond donors (Lipinski definition) is 2. The minimum Gasteiger partial charge on any atom is -0.421 e. The van der Waals surface area contributed by atoms with Crippen LogP contribution < -0.4 is 18.9 Å². The average Bonchev–Trinajstić information content (AvgIpc) is 3.67. The van der Waals surface area contributed by atoms with Crippen molar-refractivity contribution in [3.8, 4) is 23.0 Å². The van der Waals surface area contributed by atoms with Crippen molar-refractivity contribution in [3.63, 3.8) is 0 Å². The molecular weight excluding hydrogens is 524 g/mol. The largest absolute Gasteiger partial charge is 0.421 e. The van der Waals surface area contributed by atoms with E-state index in [1.165, 1.54) is 24.3 Å². The fourth-order valence-corrected chi connectivity index (χ4v) is 3.06. The standard InChI is InChI=1S/C26H16N6O8/c33-23(37-15-7-3-1-4-8-15)19-27-21(31-29-19)25(35)39-17-11-13-18(14-12-17)40-26(36)22-28-20(30-32-22)24(34)38-16-9-5-2-6-10-16/h1-14H,(H,27,29,31)(H,28,30,32). The average molecular weight is 540 g/mol. The Hall–Kier alpha value is -6.18. The Morgan fingerprint density at radius 2 is 0.775 bits per heavy atom. The minimum absolute atomic E-state index is 0.0835. The summed E-state index contributed by atoms with van der Waals surface area (Å²) in [5, 5.41) is 12.0. The number of aromatic amines is 2. The van der Waals surface area contributed by atoms with Gasteiger partial charge in [0, 0.05) is 0 Å². The highest BCUT2D eigenvalue weighted by Crippen LogP contribution is 2.19. The summed E-state index contributed by atoms with van der Waals surface area (Å²) < 4.78 is 20.6. The maximum absolute atomic E-state index is 12.4. The monoisotopic (exact) mass is 540 g/mol. The van der Waals surface area contributed by atoms with Gasteiger partial charge < -0.3 is 18.9 Å². The lowest BCUT2D eigenvalue weighted by Gasteiger charge is -2.04. The Morgan fingerprint density at radius 1 is 0.450 bits per heavy atom. The molecule has 0 amide bonds. The molecule has 0 atom stereocenters. The molecule has 14 heteroatoms. The predicted molar refractivity (Wildman–Crippen MR) is 132 cm³/mol. The Bertz CT molecular complexity index is 1540. The molecule has 198 valence electrons. The van der Waals surface area contributed by atoms with Gasteiger partial charge in [0.15, 0.2) is 0 Å². The number of aromatic nitrogens is 6. The molecule has 0 aliphatic rings. The van der Waals surface area contributed by atoms with E-state index < -0.39 is 23.9 Å². The third-order valence-corrected chi connectivity index (χ3v) is 4.88. The number of benzene rings is 3. The van der Waals surface area contributed by atoms with Gasteiger partial charge in [-0.1, -0.05) is 36.4 Å². The van der Waals surface area contributed by atoms with E-state index >= 15 is 0 Å². The lowest BCUT2D eigenvalue weighted by molar-refractivity contribution is 0.0700. The second-order valence-corrected chi connectivity index (χ2v) is 7.67. The van der Waals surface area contributed by atoms with E-state index in [4.69, 9.17) is 18.9 Å². The molecule has 0 aliphatic carbocycles. The van der Waals surface area contributed by atoms with Crippen LogP contribution in [0.2, 0.25) is 0 Å². The molecule has 0 saturated carbocycles. The highest BCUT2D eigenvalue weighted by molar-refractivity contribution is 5.92. The second kappa shape index (κ2) is 11.5. The van der Waals surface area contributed by atoms with Gasteiger partial charge in [-0.2, -0.15) is 9.97 Å². The number of hydrogen-bond acceptors (Lipinski definition) is 12. The fourth-order valence-electron chi connectivity index (χ4n) is 3.06. The molecule has 0 radical (unpaired) electrons. The topological polar surface area (TPSA) is 188 Å². The van der Waals surface area contributed by atoms with E-state index in [1.54, 1.807) is 60.7 Å². The van der Waals surface area contributed by atoms with Crippen LogP contribution in [-0.2, 0) is 0 Å². The van der Waals surface area contributed by atoms with E-state index in [9.17, 15) is 19.2 Å². The van der Waals surface area contributed by atoms with Crippen molar-refractivity contribution in [2.45, 2.75) is 0 Å². The first-order valence-electron chi connectivity index (χ1n) is 11.4. The van der Waals surface area contributed by atoms with Gasteiger partial charge in [-0.15, -0.1) is 10.2 Å². The fraction of sp³-hybridized carbons (Fsp3) is 0. The van der Waals surface area contributed by atoms with Crippen molar-refractivity contribution in [2.75, 3.05) is 0 Å². The van der Waals surface area contributed by atoms with Crippen LogP contribution in [0.15, 0.2) is 84.9 Å². The Balaban J connectivity index is 1.14. The Kier molecular flexibility index (Phi) is 7.30. The summed E-state index contributed by atoms with van der Waals surface area (Å²) in [6.45, 7) is 0.